The largest absolute Gasteiger partial charge is 0.365 e. The quantitative estimate of drug-likeness (QED) is 0.503. The Hall–Kier alpha value is -3.52. The molecule has 0 bridgehead atoms. The number of hydrogen-bond acceptors (Lipinski definition) is 7. The van der Waals surface area contributed by atoms with Crippen LogP contribution < -0.4 is 10.2 Å². The lowest BCUT2D eigenvalue weighted by atomic mass is 10.0. The van der Waals surface area contributed by atoms with Gasteiger partial charge in [-0.25, -0.2) is 23.4 Å². The van der Waals surface area contributed by atoms with Crippen LogP contribution in [0.1, 0.15) is 5.56 Å². The molecular weight excluding hydrogens is 422 g/mol. The van der Waals surface area contributed by atoms with E-state index in [2.05, 4.69) is 44.5 Å². The highest BCUT2D eigenvalue weighted by Gasteiger charge is 2.22. The van der Waals surface area contributed by atoms with Gasteiger partial charge in [0.2, 0.25) is 0 Å². The Morgan fingerprint density at radius 2 is 1.69 bits per heavy atom. The molecule has 0 spiro atoms. The average molecular weight is 446 g/mol. The van der Waals surface area contributed by atoms with Gasteiger partial charge in [0.1, 0.15) is 18.0 Å². The second kappa shape index (κ2) is 8.55. The minimum atomic E-state index is -2.90. The Morgan fingerprint density at radius 1 is 0.875 bits per heavy atom. The number of nitrogens with zero attached hydrogens (tertiary/aromatic N) is 4. The molecule has 8 heteroatoms. The van der Waals surface area contributed by atoms with Crippen molar-refractivity contribution in [2.45, 2.75) is 6.54 Å². The van der Waals surface area contributed by atoms with Gasteiger partial charge in [0.25, 0.3) is 0 Å². The van der Waals surface area contributed by atoms with Gasteiger partial charge in [-0.2, -0.15) is 0 Å². The molecule has 0 atom stereocenters. The molecule has 1 aliphatic rings. The SMILES string of the molecule is O=S1(=O)CCN(c2ccc(CNc3ncnc4cc(-c5ccccc5)ccc34)cn2)CC1. The highest BCUT2D eigenvalue weighted by Crippen LogP contribution is 2.26. The third kappa shape index (κ3) is 4.40. The van der Waals surface area contributed by atoms with E-state index in [4.69, 9.17) is 0 Å². The fourth-order valence-electron chi connectivity index (χ4n) is 3.84. The van der Waals surface area contributed by atoms with Gasteiger partial charge in [0.15, 0.2) is 9.84 Å². The van der Waals surface area contributed by atoms with Crippen molar-refractivity contribution in [1.82, 2.24) is 15.0 Å². The van der Waals surface area contributed by atoms with E-state index >= 15 is 0 Å². The summed E-state index contributed by atoms with van der Waals surface area (Å²) in [5, 5.41) is 4.35. The fraction of sp³-hybridized carbons (Fsp3) is 0.208. The predicted molar refractivity (Wildman–Crippen MR) is 127 cm³/mol. The summed E-state index contributed by atoms with van der Waals surface area (Å²) in [5.74, 6) is 1.96. The second-order valence-electron chi connectivity index (χ2n) is 7.84. The first-order valence-electron chi connectivity index (χ1n) is 10.5. The monoisotopic (exact) mass is 445 g/mol. The zero-order chi connectivity index (χ0) is 22.0. The van der Waals surface area contributed by atoms with E-state index in [0.29, 0.717) is 19.6 Å². The Labute approximate surface area is 187 Å². The van der Waals surface area contributed by atoms with Crippen molar-refractivity contribution >= 4 is 32.4 Å². The van der Waals surface area contributed by atoms with Gasteiger partial charge in [-0.15, -0.1) is 0 Å². The lowest BCUT2D eigenvalue weighted by Crippen LogP contribution is -2.40. The van der Waals surface area contributed by atoms with E-state index in [0.717, 1.165) is 39.2 Å². The van der Waals surface area contributed by atoms with E-state index in [-0.39, 0.29) is 11.5 Å². The van der Waals surface area contributed by atoms with Crippen LogP contribution >= 0.6 is 0 Å². The van der Waals surface area contributed by atoms with Crippen molar-refractivity contribution in [3.8, 4) is 11.1 Å². The van der Waals surface area contributed by atoms with Gasteiger partial charge in [-0.1, -0.05) is 42.5 Å². The minimum Gasteiger partial charge on any atom is -0.365 e. The van der Waals surface area contributed by atoms with Crippen LogP contribution in [0.25, 0.3) is 22.0 Å². The first kappa shape index (κ1) is 20.4. The lowest BCUT2D eigenvalue weighted by molar-refractivity contribution is 0.586. The van der Waals surface area contributed by atoms with Crippen LogP contribution in [0, 0.1) is 0 Å². The topological polar surface area (TPSA) is 88.1 Å². The number of sulfone groups is 1. The molecule has 7 nitrogen and oxygen atoms in total. The summed E-state index contributed by atoms with van der Waals surface area (Å²) in [6.07, 6.45) is 3.40. The van der Waals surface area contributed by atoms with Crippen molar-refractivity contribution in [2.75, 3.05) is 34.8 Å². The van der Waals surface area contributed by atoms with E-state index in [1.165, 1.54) is 0 Å². The summed E-state index contributed by atoms with van der Waals surface area (Å²) in [4.78, 5) is 15.4. The number of fused-ring (bicyclic) bond motifs is 1. The number of aromatic nitrogens is 3. The summed E-state index contributed by atoms with van der Waals surface area (Å²) in [6.45, 7) is 1.56. The molecule has 3 heterocycles. The number of rotatable bonds is 5. The third-order valence-corrected chi connectivity index (χ3v) is 7.29. The minimum absolute atomic E-state index is 0.185. The van der Waals surface area contributed by atoms with Crippen LogP contribution in [-0.2, 0) is 16.4 Å². The highest BCUT2D eigenvalue weighted by atomic mass is 32.2. The van der Waals surface area contributed by atoms with Crippen LogP contribution in [-0.4, -0.2) is 48.0 Å². The van der Waals surface area contributed by atoms with Crippen LogP contribution in [0.2, 0.25) is 0 Å². The summed E-state index contributed by atoms with van der Waals surface area (Å²) in [6, 6.07) is 20.4. The highest BCUT2D eigenvalue weighted by molar-refractivity contribution is 7.91. The Morgan fingerprint density at radius 3 is 2.44 bits per heavy atom. The van der Waals surface area contributed by atoms with E-state index < -0.39 is 9.84 Å². The molecule has 1 fully saturated rings. The first-order chi connectivity index (χ1) is 15.6. The van der Waals surface area contributed by atoms with Crippen molar-refractivity contribution in [2.24, 2.45) is 0 Å². The van der Waals surface area contributed by atoms with Gasteiger partial charge in [-0.3, -0.25) is 0 Å². The second-order valence-corrected chi connectivity index (χ2v) is 10.1. The maximum absolute atomic E-state index is 11.6. The molecular formula is C24H23N5O2S. The molecule has 4 aromatic rings. The Bertz CT molecular complexity index is 1330. The smallest absolute Gasteiger partial charge is 0.153 e. The maximum Gasteiger partial charge on any atom is 0.153 e. The van der Waals surface area contributed by atoms with Gasteiger partial charge >= 0.3 is 0 Å². The summed E-state index contributed by atoms with van der Waals surface area (Å²) in [7, 11) is -2.90. The predicted octanol–water partition coefficient (Wildman–Crippen LogP) is 3.54. The third-order valence-electron chi connectivity index (χ3n) is 5.68. The normalized spacial score (nSPS) is 15.6. The molecule has 1 saturated heterocycles. The Balaban J connectivity index is 1.29. The van der Waals surface area contributed by atoms with Gasteiger partial charge < -0.3 is 10.2 Å². The Kier molecular flexibility index (Phi) is 5.45. The van der Waals surface area contributed by atoms with Crippen molar-refractivity contribution in [1.29, 1.82) is 0 Å². The fourth-order valence-corrected chi connectivity index (χ4v) is 5.04. The molecule has 1 N–H and O–H groups in total. The summed E-state index contributed by atoms with van der Waals surface area (Å²) >= 11 is 0. The molecule has 162 valence electrons. The van der Waals surface area contributed by atoms with Crippen LogP contribution in [0.5, 0.6) is 0 Å². The van der Waals surface area contributed by atoms with E-state index in [9.17, 15) is 8.42 Å². The number of pyridine rings is 1. The molecule has 0 amide bonds. The van der Waals surface area contributed by atoms with Gasteiger partial charge in [-0.05, 0) is 34.9 Å². The molecule has 5 rings (SSSR count). The van der Waals surface area contributed by atoms with E-state index in [1.54, 1.807) is 6.33 Å². The zero-order valence-corrected chi connectivity index (χ0v) is 18.3. The first-order valence-corrected chi connectivity index (χ1v) is 12.3. The molecule has 0 radical (unpaired) electrons. The van der Waals surface area contributed by atoms with Crippen LogP contribution in [0.4, 0.5) is 11.6 Å². The van der Waals surface area contributed by atoms with Gasteiger partial charge in [0, 0.05) is 31.2 Å². The maximum atomic E-state index is 11.6. The van der Waals surface area contributed by atoms with Crippen molar-refractivity contribution in [3.63, 3.8) is 0 Å². The molecule has 1 aliphatic heterocycles. The average Bonchev–Trinajstić information content (AvgIpc) is 2.83. The summed E-state index contributed by atoms with van der Waals surface area (Å²) in [5.41, 5.74) is 4.18. The lowest BCUT2D eigenvalue weighted by Gasteiger charge is -2.27. The molecule has 0 unspecified atom stereocenters. The number of hydrogen-bond donors (Lipinski definition) is 1. The van der Waals surface area contributed by atoms with Crippen LogP contribution in [0.15, 0.2) is 73.2 Å². The number of anilines is 2. The zero-order valence-electron chi connectivity index (χ0n) is 17.5. The standard InChI is InChI=1S/C24H23N5O2S/c30-32(31)12-10-29(11-13-32)23-9-6-18(15-25-23)16-26-24-21-8-7-20(14-22(21)27-17-28-24)19-4-2-1-3-5-19/h1-9,14-15,17H,10-13,16H2,(H,26,27,28). The molecule has 2 aromatic carbocycles. The van der Waals surface area contributed by atoms with Gasteiger partial charge in [0.05, 0.1) is 17.0 Å². The number of benzene rings is 2. The molecule has 32 heavy (non-hydrogen) atoms. The van der Waals surface area contributed by atoms with Crippen molar-refractivity contribution in [3.05, 3.63) is 78.8 Å². The molecule has 0 saturated carbocycles. The number of nitrogens with one attached hydrogen (secondary N) is 1. The molecule has 2 aromatic heterocycles. The summed E-state index contributed by atoms with van der Waals surface area (Å²) < 4.78 is 23.2. The van der Waals surface area contributed by atoms with Crippen LogP contribution in [0.3, 0.4) is 0 Å². The molecule has 0 aliphatic carbocycles. The van der Waals surface area contributed by atoms with E-state index in [1.807, 2.05) is 47.5 Å². The van der Waals surface area contributed by atoms with Crippen molar-refractivity contribution < 1.29 is 8.42 Å².